The number of nitrogens with zero attached hydrogens (tertiary/aromatic N) is 3. The van der Waals surface area contributed by atoms with Crippen molar-refractivity contribution in [1.29, 1.82) is 0 Å². The molecule has 0 saturated carbocycles. The number of aromatic nitrogens is 3. The van der Waals surface area contributed by atoms with Crippen molar-refractivity contribution in [3.63, 3.8) is 0 Å². The van der Waals surface area contributed by atoms with Crippen LogP contribution in [-0.4, -0.2) is 33.3 Å². The van der Waals surface area contributed by atoms with Gasteiger partial charge in [0.25, 0.3) is 0 Å². The lowest BCUT2D eigenvalue weighted by atomic mass is 9.90. The third-order valence-electron chi connectivity index (χ3n) is 3.54. The normalized spacial score (nSPS) is 21.7. The smallest absolute Gasteiger partial charge is 0.425 e. The van der Waals surface area contributed by atoms with Crippen LogP contribution in [0.3, 0.4) is 0 Å². The minimum absolute atomic E-state index is 0.379. The fourth-order valence-electron chi connectivity index (χ4n) is 1.75. The third-order valence-corrected chi connectivity index (χ3v) is 3.54. The van der Waals surface area contributed by atoms with E-state index < -0.39 is 18.3 Å². The summed E-state index contributed by atoms with van der Waals surface area (Å²) in [6.45, 7) is 7.93. The van der Waals surface area contributed by atoms with Gasteiger partial charge in [0.05, 0.1) is 17.4 Å². The number of hydrogen-bond acceptors (Lipinski definition) is 6. The zero-order chi connectivity index (χ0) is 13.0. The highest BCUT2D eigenvalue weighted by Gasteiger charge is 2.54. The molecule has 6 nitrogen and oxygen atoms in total. The van der Waals surface area contributed by atoms with Crippen LogP contribution < -0.4 is 5.79 Å². The van der Waals surface area contributed by atoms with E-state index in [0.29, 0.717) is 17.0 Å². The molecule has 7 heteroatoms. The molecule has 2 aromatic rings. The average molecular weight is 247 g/mol. The van der Waals surface area contributed by atoms with Crippen LogP contribution in [0.4, 0.5) is 0 Å². The van der Waals surface area contributed by atoms with E-state index >= 15 is 0 Å². The summed E-state index contributed by atoms with van der Waals surface area (Å²) in [5, 5.41) is 0. The average Bonchev–Trinajstić information content (AvgIpc) is 2.78. The van der Waals surface area contributed by atoms with Crippen LogP contribution in [0.15, 0.2) is 16.9 Å². The Morgan fingerprint density at radius 3 is 2.39 bits per heavy atom. The second kappa shape index (κ2) is 3.52. The highest BCUT2D eigenvalue weighted by atomic mass is 16.7. The summed E-state index contributed by atoms with van der Waals surface area (Å²) in [5.41, 5.74) is 0.213. The number of fused-ring (bicyclic) bond motifs is 1. The largest absolute Gasteiger partial charge is 0.554 e. The van der Waals surface area contributed by atoms with Gasteiger partial charge in [0.1, 0.15) is 11.8 Å². The van der Waals surface area contributed by atoms with E-state index in [0.717, 1.165) is 0 Å². The predicted octanol–water partition coefficient (Wildman–Crippen LogP) is 0.917. The van der Waals surface area contributed by atoms with Crippen LogP contribution in [-0.2, 0) is 9.31 Å². The Bertz CT molecular complexity index is 547. The Labute approximate surface area is 105 Å². The molecule has 0 atom stereocenters. The molecule has 0 bridgehead atoms. The van der Waals surface area contributed by atoms with Gasteiger partial charge in [-0.1, -0.05) is 0 Å². The van der Waals surface area contributed by atoms with Crippen molar-refractivity contribution >= 4 is 24.1 Å². The van der Waals surface area contributed by atoms with Gasteiger partial charge in [0.15, 0.2) is 0 Å². The number of hydrogen-bond donors (Lipinski definition) is 0. The van der Waals surface area contributed by atoms with Gasteiger partial charge in [0.2, 0.25) is 11.5 Å². The molecule has 2 aromatic heterocycles. The standard InChI is InChI=1S/C11H14BN3O3/c1-10(2)11(3,4)18-12(17-10)9-15-7-5-13-6-14-8(7)16-9/h5-6H,1-4H3. The van der Waals surface area contributed by atoms with Crippen molar-refractivity contribution in [3.05, 3.63) is 12.5 Å². The molecule has 0 aliphatic carbocycles. The van der Waals surface area contributed by atoms with Crippen molar-refractivity contribution in [1.82, 2.24) is 15.0 Å². The predicted molar refractivity (Wildman–Crippen MR) is 65.3 cm³/mol. The molecule has 1 saturated heterocycles. The lowest BCUT2D eigenvalue weighted by Crippen LogP contribution is -2.41. The Morgan fingerprint density at radius 1 is 1.11 bits per heavy atom. The molecular formula is C11H14BN3O3. The van der Waals surface area contributed by atoms with Gasteiger partial charge >= 0.3 is 7.12 Å². The van der Waals surface area contributed by atoms with Gasteiger partial charge < -0.3 is 13.7 Å². The van der Waals surface area contributed by atoms with Gasteiger partial charge in [-0.05, 0) is 27.7 Å². The summed E-state index contributed by atoms with van der Waals surface area (Å²) in [7, 11) is -0.607. The van der Waals surface area contributed by atoms with E-state index in [4.69, 9.17) is 13.7 Å². The molecular weight excluding hydrogens is 233 g/mol. The molecule has 3 heterocycles. The highest BCUT2D eigenvalue weighted by molar-refractivity contribution is 6.59. The van der Waals surface area contributed by atoms with Gasteiger partial charge in [-0.25, -0.2) is 9.97 Å². The monoisotopic (exact) mass is 247 g/mol. The molecule has 1 aliphatic rings. The Hall–Kier alpha value is -1.47. The van der Waals surface area contributed by atoms with Crippen LogP contribution in [0.5, 0.6) is 0 Å². The Morgan fingerprint density at radius 2 is 1.78 bits per heavy atom. The lowest BCUT2D eigenvalue weighted by Gasteiger charge is -2.32. The molecule has 0 amide bonds. The SMILES string of the molecule is CC1(C)OB(c2nc3cncnc3o2)OC1(C)C. The van der Waals surface area contributed by atoms with Crippen LogP contribution in [0.2, 0.25) is 0 Å². The zero-order valence-electron chi connectivity index (χ0n) is 10.8. The zero-order valence-corrected chi connectivity index (χ0v) is 10.8. The van der Waals surface area contributed by atoms with E-state index in [1.807, 2.05) is 27.7 Å². The van der Waals surface area contributed by atoms with Gasteiger partial charge in [-0.3, -0.25) is 0 Å². The maximum absolute atomic E-state index is 5.85. The fourth-order valence-corrected chi connectivity index (χ4v) is 1.75. The van der Waals surface area contributed by atoms with Gasteiger partial charge in [-0.2, -0.15) is 4.98 Å². The number of oxazole rings is 1. The summed E-state index contributed by atoms with van der Waals surface area (Å²) in [5.74, 6) is 0.379. The van der Waals surface area contributed by atoms with E-state index in [1.165, 1.54) is 6.33 Å². The first kappa shape index (κ1) is 11.6. The molecule has 0 unspecified atom stereocenters. The molecule has 1 aliphatic heterocycles. The van der Waals surface area contributed by atoms with E-state index in [-0.39, 0.29) is 0 Å². The summed E-state index contributed by atoms with van der Waals surface area (Å²) >= 11 is 0. The van der Waals surface area contributed by atoms with Crippen LogP contribution in [0.1, 0.15) is 27.7 Å². The second-order valence-electron chi connectivity index (χ2n) is 5.35. The first-order valence-corrected chi connectivity index (χ1v) is 5.81. The summed E-state index contributed by atoms with van der Waals surface area (Å²) < 4.78 is 17.2. The topological polar surface area (TPSA) is 70.3 Å². The maximum Gasteiger partial charge on any atom is 0.554 e. The second-order valence-corrected chi connectivity index (χ2v) is 5.35. The molecule has 94 valence electrons. The van der Waals surface area contributed by atoms with E-state index in [2.05, 4.69) is 15.0 Å². The minimum atomic E-state index is -0.607. The molecule has 3 rings (SSSR count). The summed E-state index contributed by atoms with van der Waals surface area (Å²) in [4.78, 5) is 12.2. The van der Waals surface area contributed by atoms with Crippen molar-refractivity contribution in [2.24, 2.45) is 0 Å². The van der Waals surface area contributed by atoms with Crippen molar-refractivity contribution in [3.8, 4) is 0 Å². The van der Waals surface area contributed by atoms with Crippen LogP contribution >= 0.6 is 0 Å². The van der Waals surface area contributed by atoms with Gasteiger partial charge in [0, 0.05) is 0 Å². The molecule has 1 fully saturated rings. The minimum Gasteiger partial charge on any atom is -0.425 e. The van der Waals surface area contributed by atoms with Crippen molar-refractivity contribution < 1.29 is 13.7 Å². The third kappa shape index (κ3) is 1.62. The molecule has 0 N–H and O–H groups in total. The molecule has 18 heavy (non-hydrogen) atoms. The molecule has 0 spiro atoms. The summed E-state index contributed by atoms with van der Waals surface area (Å²) in [6.07, 6.45) is 3.02. The fraction of sp³-hybridized carbons (Fsp3) is 0.545. The first-order valence-electron chi connectivity index (χ1n) is 5.81. The van der Waals surface area contributed by atoms with Crippen LogP contribution in [0, 0.1) is 0 Å². The lowest BCUT2D eigenvalue weighted by molar-refractivity contribution is 0.00578. The Kier molecular flexibility index (Phi) is 2.27. The maximum atomic E-state index is 5.85. The Balaban J connectivity index is 1.97. The van der Waals surface area contributed by atoms with Crippen molar-refractivity contribution in [2.45, 2.75) is 38.9 Å². The molecule has 0 radical (unpaired) electrons. The first-order chi connectivity index (χ1) is 8.39. The van der Waals surface area contributed by atoms with Crippen molar-refractivity contribution in [2.75, 3.05) is 0 Å². The molecule has 0 aromatic carbocycles. The van der Waals surface area contributed by atoms with E-state index in [9.17, 15) is 0 Å². The van der Waals surface area contributed by atoms with Gasteiger partial charge in [-0.15, -0.1) is 0 Å². The highest BCUT2D eigenvalue weighted by Crippen LogP contribution is 2.36. The summed E-state index contributed by atoms with van der Waals surface area (Å²) in [6, 6.07) is 0. The number of rotatable bonds is 1. The quantitative estimate of drug-likeness (QED) is 0.697. The van der Waals surface area contributed by atoms with Crippen LogP contribution in [0.25, 0.3) is 11.2 Å². The van der Waals surface area contributed by atoms with E-state index in [1.54, 1.807) is 6.20 Å².